The average Bonchev–Trinajstić information content (AvgIpc) is 2.84. The highest BCUT2D eigenvalue weighted by Gasteiger charge is 2.36. The van der Waals surface area contributed by atoms with Crippen molar-refractivity contribution in [3.8, 4) is 5.75 Å². The van der Waals surface area contributed by atoms with E-state index in [1.165, 1.54) is 25.7 Å². The third-order valence-electron chi connectivity index (χ3n) is 6.38. The van der Waals surface area contributed by atoms with Crippen LogP contribution < -0.4 is 15.4 Å². The Labute approximate surface area is 202 Å². The molecule has 186 valence electrons. The van der Waals surface area contributed by atoms with E-state index < -0.39 is 0 Å². The molecule has 1 fully saturated rings. The van der Waals surface area contributed by atoms with Crippen molar-refractivity contribution < 1.29 is 19.1 Å². The van der Waals surface area contributed by atoms with Gasteiger partial charge in [0, 0.05) is 30.7 Å². The van der Waals surface area contributed by atoms with Crippen LogP contribution in [0.3, 0.4) is 0 Å². The summed E-state index contributed by atoms with van der Waals surface area (Å²) >= 11 is 0. The number of unbranched alkanes of at least 4 members (excludes halogenated alkanes) is 4. The van der Waals surface area contributed by atoms with Gasteiger partial charge >= 0.3 is 12.0 Å². The molecule has 1 saturated heterocycles. The Morgan fingerprint density at radius 2 is 1.97 bits per heavy atom. The lowest BCUT2D eigenvalue weighted by Gasteiger charge is -2.37. The molecule has 8 heteroatoms. The Morgan fingerprint density at radius 3 is 2.74 bits per heavy atom. The number of piperidine rings is 1. The fourth-order valence-electron chi connectivity index (χ4n) is 4.51. The predicted octanol–water partition coefficient (Wildman–Crippen LogP) is 4.59. The smallest absolute Gasteiger partial charge is 0.319 e. The van der Waals surface area contributed by atoms with Crippen molar-refractivity contribution in [1.82, 2.24) is 15.2 Å². The molecule has 2 N–H and O–H groups in total. The van der Waals surface area contributed by atoms with Crippen LogP contribution in [0.15, 0.2) is 30.5 Å². The molecule has 2 atom stereocenters. The van der Waals surface area contributed by atoms with Gasteiger partial charge in [-0.15, -0.1) is 0 Å². The van der Waals surface area contributed by atoms with Gasteiger partial charge in [0.25, 0.3) is 0 Å². The van der Waals surface area contributed by atoms with Crippen molar-refractivity contribution >= 4 is 28.6 Å². The number of benzene rings is 1. The number of aromatic nitrogens is 1. The lowest BCUT2D eigenvalue weighted by atomic mass is 9.92. The monoisotopic (exact) mass is 470 g/mol. The molecule has 1 aliphatic rings. The molecule has 8 nitrogen and oxygen atoms in total. The summed E-state index contributed by atoms with van der Waals surface area (Å²) < 4.78 is 10.7. The Balaban J connectivity index is 1.63. The lowest BCUT2D eigenvalue weighted by Crippen LogP contribution is -2.54. The van der Waals surface area contributed by atoms with Gasteiger partial charge in [-0.25, -0.2) is 4.79 Å². The number of hydrogen-bond acceptors (Lipinski definition) is 6. The molecule has 0 spiro atoms. The first-order chi connectivity index (χ1) is 16.5. The number of esters is 1. The molecule has 0 radical (unpaired) electrons. The first-order valence-electron chi connectivity index (χ1n) is 12.4. The molecule has 2 heterocycles. The molecule has 1 aromatic heterocycles. The second-order valence-corrected chi connectivity index (χ2v) is 8.81. The fourth-order valence-corrected chi connectivity index (χ4v) is 4.51. The number of carbonyl (C=O) groups is 2. The zero-order valence-electron chi connectivity index (χ0n) is 20.6. The highest BCUT2D eigenvalue weighted by atomic mass is 16.5. The highest BCUT2D eigenvalue weighted by molar-refractivity contribution is 6.00. The molecule has 0 bridgehead atoms. The summed E-state index contributed by atoms with van der Waals surface area (Å²) in [7, 11) is 1.60. The van der Waals surface area contributed by atoms with Crippen molar-refractivity contribution in [3.63, 3.8) is 0 Å². The SMILES string of the molecule is CCCCCCCN1CC[C@H](NC(=O)Nc2ccnc3ccc(OC)cc23)[C@H](C(=O)OCC)C1. The van der Waals surface area contributed by atoms with E-state index in [0.717, 1.165) is 30.4 Å². The number of hydrogen-bond donors (Lipinski definition) is 2. The van der Waals surface area contributed by atoms with Gasteiger partial charge in [-0.3, -0.25) is 9.78 Å². The number of likely N-dealkylation sites (tertiary alicyclic amines) is 1. The van der Waals surface area contributed by atoms with E-state index in [0.29, 0.717) is 31.0 Å². The summed E-state index contributed by atoms with van der Waals surface area (Å²) in [5.74, 6) is 0.0559. The highest BCUT2D eigenvalue weighted by Crippen LogP contribution is 2.26. The van der Waals surface area contributed by atoms with Crippen LogP contribution in [0.2, 0.25) is 0 Å². The Bertz CT molecular complexity index is 952. The van der Waals surface area contributed by atoms with E-state index in [4.69, 9.17) is 9.47 Å². The Morgan fingerprint density at radius 1 is 1.15 bits per heavy atom. The number of nitrogens with one attached hydrogen (secondary N) is 2. The Kier molecular flexibility index (Phi) is 9.94. The van der Waals surface area contributed by atoms with Gasteiger partial charge in [0.2, 0.25) is 0 Å². The normalized spacial score (nSPS) is 18.4. The van der Waals surface area contributed by atoms with Crippen LogP contribution in [-0.2, 0) is 9.53 Å². The summed E-state index contributed by atoms with van der Waals surface area (Å²) in [6.45, 7) is 6.78. The number of fused-ring (bicyclic) bond motifs is 1. The number of anilines is 1. The van der Waals surface area contributed by atoms with Crippen molar-refractivity contribution in [2.75, 3.05) is 38.7 Å². The number of carbonyl (C=O) groups excluding carboxylic acids is 2. The first kappa shape index (κ1) is 25.7. The number of rotatable bonds is 11. The van der Waals surface area contributed by atoms with E-state index >= 15 is 0 Å². The maximum absolute atomic E-state index is 12.9. The third kappa shape index (κ3) is 7.06. The number of pyridine rings is 1. The minimum Gasteiger partial charge on any atom is -0.497 e. The van der Waals surface area contributed by atoms with Gasteiger partial charge in [-0.05, 0) is 50.6 Å². The maximum atomic E-state index is 12.9. The van der Waals surface area contributed by atoms with E-state index in [-0.39, 0.29) is 24.0 Å². The predicted molar refractivity (Wildman–Crippen MR) is 134 cm³/mol. The van der Waals surface area contributed by atoms with Crippen molar-refractivity contribution in [2.45, 2.75) is 58.4 Å². The average molecular weight is 471 g/mol. The van der Waals surface area contributed by atoms with Gasteiger partial charge in [-0.2, -0.15) is 0 Å². The number of urea groups is 1. The molecule has 0 unspecified atom stereocenters. The van der Waals surface area contributed by atoms with Crippen LogP contribution in [0.25, 0.3) is 10.9 Å². The minimum absolute atomic E-state index is 0.248. The summed E-state index contributed by atoms with van der Waals surface area (Å²) in [4.78, 5) is 32.3. The molecule has 0 aliphatic carbocycles. The van der Waals surface area contributed by atoms with Crippen molar-refractivity contribution in [1.29, 1.82) is 0 Å². The standard InChI is InChI=1S/C26H38N4O4/c1-4-6-7-8-9-15-30-16-13-24(21(18-30)25(31)34-5-2)29-26(32)28-23-12-14-27-22-11-10-19(33-3)17-20(22)23/h10-12,14,17,21,24H,4-9,13,15-16,18H2,1-3H3,(H2,27,28,29,32)/t21-,24+/m1/s1. The topological polar surface area (TPSA) is 92.8 Å². The van der Waals surface area contributed by atoms with Gasteiger partial charge in [0.15, 0.2) is 0 Å². The summed E-state index contributed by atoms with van der Waals surface area (Å²) in [6, 6.07) is 6.66. The van der Waals surface area contributed by atoms with E-state index in [1.807, 2.05) is 25.1 Å². The van der Waals surface area contributed by atoms with Gasteiger partial charge in [-0.1, -0.05) is 32.6 Å². The number of methoxy groups -OCH3 is 1. The largest absolute Gasteiger partial charge is 0.497 e. The molecular weight excluding hydrogens is 432 g/mol. The van der Waals surface area contributed by atoms with Crippen LogP contribution in [0.5, 0.6) is 5.75 Å². The second-order valence-electron chi connectivity index (χ2n) is 8.81. The summed E-state index contributed by atoms with van der Waals surface area (Å²) in [6.07, 6.45) is 8.46. The van der Waals surface area contributed by atoms with Crippen LogP contribution >= 0.6 is 0 Å². The molecule has 34 heavy (non-hydrogen) atoms. The van der Waals surface area contributed by atoms with Gasteiger partial charge in [0.05, 0.1) is 30.8 Å². The zero-order chi connectivity index (χ0) is 24.3. The number of nitrogens with zero attached hydrogens (tertiary/aromatic N) is 2. The van der Waals surface area contributed by atoms with Gasteiger partial charge in [0.1, 0.15) is 5.75 Å². The van der Waals surface area contributed by atoms with Gasteiger partial charge < -0.3 is 25.0 Å². The zero-order valence-corrected chi connectivity index (χ0v) is 20.6. The molecule has 1 aliphatic heterocycles. The second kappa shape index (κ2) is 13.1. The molecule has 0 saturated carbocycles. The van der Waals surface area contributed by atoms with E-state index in [1.54, 1.807) is 19.4 Å². The van der Waals surface area contributed by atoms with Crippen molar-refractivity contribution in [3.05, 3.63) is 30.5 Å². The van der Waals surface area contributed by atoms with Crippen molar-refractivity contribution in [2.24, 2.45) is 5.92 Å². The molecular formula is C26H38N4O4. The number of amides is 2. The molecule has 2 aromatic rings. The summed E-state index contributed by atoms with van der Waals surface area (Å²) in [5.41, 5.74) is 1.40. The van der Waals surface area contributed by atoms with Crippen LogP contribution in [0.4, 0.5) is 10.5 Å². The minimum atomic E-state index is -0.385. The van der Waals surface area contributed by atoms with E-state index in [9.17, 15) is 9.59 Å². The molecule has 1 aromatic carbocycles. The van der Waals surface area contributed by atoms with Crippen LogP contribution in [0, 0.1) is 5.92 Å². The van der Waals surface area contributed by atoms with Crippen LogP contribution in [-0.4, -0.2) is 61.3 Å². The quantitative estimate of drug-likeness (QED) is 0.369. The molecule has 3 rings (SSSR count). The Hall–Kier alpha value is -2.87. The van der Waals surface area contributed by atoms with E-state index in [2.05, 4.69) is 27.4 Å². The number of ether oxygens (including phenoxy) is 2. The lowest BCUT2D eigenvalue weighted by molar-refractivity contribution is -0.150. The summed E-state index contributed by atoms with van der Waals surface area (Å²) in [5, 5.41) is 6.74. The fraction of sp³-hybridized carbons (Fsp3) is 0.577. The maximum Gasteiger partial charge on any atom is 0.319 e. The molecule has 2 amide bonds. The third-order valence-corrected chi connectivity index (χ3v) is 6.38. The first-order valence-corrected chi connectivity index (χ1v) is 12.4. The van der Waals surface area contributed by atoms with Crippen LogP contribution in [0.1, 0.15) is 52.4 Å².